The summed E-state index contributed by atoms with van der Waals surface area (Å²) >= 11 is 0. The van der Waals surface area contributed by atoms with Crippen LogP contribution in [0.2, 0.25) is 0 Å². The third-order valence-corrected chi connectivity index (χ3v) is 7.78. The molecule has 0 spiro atoms. The van der Waals surface area contributed by atoms with Crippen LogP contribution in [0.1, 0.15) is 49.3 Å². The van der Waals surface area contributed by atoms with Gasteiger partial charge in [-0.2, -0.15) is 0 Å². The molecule has 0 aliphatic carbocycles. The highest BCUT2D eigenvalue weighted by atomic mass is 16.5. The third kappa shape index (κ3) is 11.0. The standard InChI is InChI=1S/C36H47N5O4/c1-3-4-19-38-36(37)39-34(42)18-14-28-13-17-32(33(24-28)45-23-8-22-44-2)31-15-11-30(12-16-31)25-40-20-21-41(35(43)27-40)26-29-9-6-5-7-10-29/h5-7,9-13,15-17,24H,3-4,8,14,18-23,25-27H2,1-2H3,(H3,37,38,39,42). The maximum atomic E-state index is 12.8. The van der Waals surface area contributed by atoms with Crippen molar-refractivity contribution in [3.05, 3.63) is 89.5 Å². The van der Waals surface area contributed by atoms with Crippen LogP contribution >= 0.6 is 0 Å². The Bertz CT molecular complexity index is 1390. The van der Waals surface area contributed by atoms with Crippen molar-refractivity contribution in [3.8, 4) is 16.9 Å². The number of amides is 2. The van der Waals surface area contributed by atoms with Gasteiger partial charge in [-0.25, -0.2) is 0 Å². The van der Waals surface area contributed by atoms with Gasteiger partial charge in [0.15, 0.2) is 5.96 Å². The molecule has 3 aromatic carbocycles. The van der Waals surface area contributed by atoms with Crippen molar-refractivity contribution in [1.29, 1.82) is 0 Å². The molecule has 1 fully saturated rings. The molecule has 3 N–H and O–H groups in total. The highest BCUT2D eigenvalue weighted by Crippen LogP contribution is 2.32. The van der Waals surface area contributed by atoms with Crippen molar-refractivity contribution in [1.82, 2.24) is 15.1 Å². The lowest BCUT2D eigenvalue weighted by Gasteiger charge is -2.34. The number of hydrogen-bond donors (Lipinski definition) is 2. The Balaban J connectivity index is 1.36. The maximum absolute atomic E-state index is 12.8. The van der Waals surface area contributed by atoms with Crippen molar-refractivity contribution in [3.63, 3.8) is 0 Å². The molecule has 2 amide bonds. The van der Waals surface area contributed by atoms with E-state index in [0.717, 1.165) is 72.5 Å². The van der Waals surface area contributed by atoms with Crippen molar-refractivity contribution in [2.75, 3.05) is 46.5 Å². The van der Waals surface area contributed by atoms with Crippen LogP contribution in [0.4, 0.5) is 0 Å². The molecular formula is C36H47N5O4. The number of ether oxygens (including phenoxy) is 2. The molecule has 0 bridgehead atoms. The maximum Gasteiger partial charge on any atom is 0.237 e. The van der Waals surface area contributed by atoms with Crippen LogP contribution in [0.15, 0.2) is 77.8 Å². The van der Waals surface area contributed by atoms with Crippen molar-refractivity contribution < 1.29 is 19.1 Å². The number of guanidine groups is 1. The lowest BCUT2D eigenvalue weighted by molar-refractivity contribution is -0.136. The molecule has 0 unspecified atom stereocenters. The van der Waals surface area contributed by atoms with Crippen LogP contribution in [0.3, 0.4) is 0 Å². The summed E-state index contributed by atoms with van der Waals surface area (Å²) in [5.41, 5.74) is 11.2. The fourth-order valence-corrected chi connectivity index (χ4v) is 5.24. The summed E-state index contributed by atoms with van der Waals surface area (Å²) in [6.45, 7) is 7.22. The van der Waals surface area contributed by atoms with Crippen LogP contribution in [0.5, 0.6) is 5.75 Å². The predicted molar refractivity (Wildman–Crippen MR) is 179 cm³/mol. The molecule has 1 saturated heterocycles. The second-order valence-electron chi connectivity index (χ2n) is 11.4. The molecule has 0 radical (unpaired) electrons. The molecule has 0 saturated carbocycles. The minimum absolute atomic E-state index is 0.158. The molecule has 1 aliphatic rings. The van der Waals surface area contributed by atoms with Gasteiger partial charge in [0.25, 0.3) is 0 Å². The summed E-state index contributed by atoms with van der Waals surface area (Å²) < 4.78 is 11.4. The van der Waals surface area contributed by atoms with Gasteiger partial charge in [0.1, 0.15) is 5.75 Å². The number of aliphatic imine (C=N–C) groups is 1. The molecule has 240 valence electrons. The van der Waals surface area contributed by atoms with Crippen LogP contribution in [-0.2, 0) is 33.8 Å². The summed E-state index contributed by atoms with van der Waals surface area (Å²) in [6.07, 6.45) is 3.59. The molecule has 0 atom stereocenters. The normalized spacial score (nSPS) is 14.0. The van der Waals surface area contributed by atoms with E-state index in [4.69, 9.17) is 15.2 Å². The van der Waals surface area contributed by atoms with E-state index in [-0.39, 0.29) is 17.8 Å². The molecule has 0 aromatic heterocycles. The van der Waals surface area contributed by atoms with Crippen molar-refractivity contribution in [2.45, 2.75) is 52.1 Å². The SMILES string of the molecule is CCCCN=C(N)NC(=O)CCc1ccc(-c2ccc(CN3CCN(Cc4ccccc4)C(=O)C3)cc2)c(OCCCOC)c1. The minimum atomic E-state index is -0.158. The van der Waals surface area contributed by atoms with E-state index in [9.17, 15) is 9.59 Å². The first-order valence-electron chi connectivity index (χ1n) is 15.9. The molecule has 9 nitrogen and oxygen atoms in total. The zero-order valence-corrected chi connectivity index (χ0v) is 26.7. The number of rotatable bonds is 16. The smallest absolute Gasteiger partial charge is 0.237 e. The summed E-state index contributed by atoms with van der Waals surface area (Å²) in [5.74, 6) is 0.955. The van der Waals surface area contributed by atoms with Crippen LogP contribution in [0.25, 0.3) is 11.1 Å². The monoisotopic (exact) mass is 613 g/mol. The van der Waals surface area contributed by atoms with E-state index in [1.54, 1.807) is 7.11 Å². The Hall–Kier alpha value is -4.21. The van der Waals surface area contributed by atoms with Gasteiger partial charge in [0, 0.05) is 64.8 Å². The molecular weight excluding hydrogens is 566 g/mol. The van der Waals surface area contributed by atoms with Crippen LogP contribution < -0.4 is 15.8 Å². The Morgan fingerprint density at radius 3 is 2.42 bits per heavy atom. The average Bonchev–Trinajstić information content (AvgIpc) is 3.04. The Kier molecular flexibility index (Phi) is 13.4. The quantitative estimate of drug-likeness (QED) is 0.137. The van der Waals surface area contributed by atoms with Crippen molar-refractivity contribution >= 4 is 17.8 Å². The molecule has 45 heavy (non-hydrogen) atoms. The molecule has 1 heterocycles. The zero-order valence-electron chi connectivity index (χ0n) is 26.7. The van der Waals surface area contributed by atoms with E-state index in [1.165, 1.54) is 0 Å². The van der Waals surface area contributed by atoms with Crippen molar-refractivity contribution in [2.24, 2.45) is 10.7 Å². The summed E-state index contributed by atoms with van der Waals surface area (Å²) in [5, 5.41) is 2.68. The van der Waals surface area contributed by atoms with E-state index in [1.807, 2.05) is 35.2 Å². The topological polar surface area (TPSA) is 109 Å². The number of piperazine rings is 1. The predicted octanol–water partition coefficient (Wildman–Crippen LogP) is 4.78. The second kappa shape index (κ2) is 17.9. The number of nitrogens with zero attached hydrogens (tertiary/aromatic N) is 3. The Morgan fingerprint density at radius 1 is 0.933 bits per heavy atom. The van der Waals surface area contributed by atoms with Gasteiger partial charge < -0.3 is 20.1 Å². The zero-order chi connectivity index (χ0) is 31.9. The largest absolute Gasteiger partial charge is 0.493 e. The van der Waals surface area contributed by atoms with Crippen LogP contribution in [0, 0.1) is 0 Å². The number of methoxy groups -OCH3 is 1. The van der Waals surface area contributed by atoms with Gasteiger partial charge in [-0.3, -0.25) is 24.8 Å². The number of unbranched alkanes of at least 4 members (excludes halogenated alkanes) is 1. The van der Waals surface area contributed by atoms with E-state index in [2.05, 4.69) is 64.6 Å². The molecule has 3 aromatic rings. The van der Waals surface area contributed by atoms with E-state index >= 15 is 0 Å². The lowest BCUT2D eigenvalue weighted by atomic mass is 9.99. The molecule has 1 aliphatic heterocycles. The highest BCUT2D eigenvalue weighted by molar-refractivity contribution is 5.96. The Morgan fingerprint density at radius 2 is 1.69 bits per heavy atom. The van der Waals surface area contributed by atoms with Crippen LogP contribution in [-0.4, -0.2) is 74.1 Å². The molecule has 4 rings (SSSR count). The fraction of sp³-hybridized carbons (Fsp3) is 0.417. The Labute approximate surface area is 267 Å². The average molecular weight is 614 g/mol. The lowest BCUT2D eigenvalue weighted by Crippen LogP contribution is -2.49. The van der Waals surface area contributed by atoms with Gasteiger partial charge in [-0.1, -0.05) is 80.1 Å². The van der Waals surface area contributed by atoms with Gasteiger partial charge in [-0.15, -0.1) is 0 Å². The first kappa shape index (κ1) is 33.7. The number of carbonyl (C=O) groups excluding carboxylic acids is 2. The summed E-state index contributed by atoms with van der Waals surface area (Å²) in [4.78, 5) is 33.6. The number of carbonyl (C=O) groups is 2. The number of nitrogens with one attached hydrogen (secondary N) is 1. The minimum Gasteiger partial charge on any atom is -0.493 e. The fourth-order valence-electron chi connectivity index (χ4n) is 5.24. The van der Waals surface area contributed by atoms with Gasteiger partial charge in [0.05, 0.1) is 13.2 Å². The third-order valence-electron chi connectivity index (χ3n) is 7.78. The number of benzene rings is 3. The first-order valence-corrected chi connectivity index (χ1v) is 15.9. The van der Waals surface area contributed by atoms with Gasteiger partial charge >= 0.3 is 0 Å². The first-order chi connectivity index (χ1) is 21.9. The van der Waals surface area contributed by atoms with E-state index in [0.29, 0.717) is 45.7 Å². The van der Waals surface area contributed by atoms with Gasteiger partial charge in [0.2, 0.25) is 11.8 Å². The van der Waals surface area contributed by atoms with Gasteiger partial charge in [-0.05, 0) is 41.2 Å². The second-order valence-corrected chi connectivity index (χ2v) is 11.4. The highest BCUT2D eigenvalue weighted by Gasteiger charge is 2.24. The number of hydrogen-bond acceptors (Lipinski definition) is 6. The molecule has 9 heteroatoms. The number of aryl methyl sites for hydroxylation is 1. The summed E-state index contributed by atoms with van der Waals surface area (Å²) in [6, 6.07) is 24.7. The summed E-state index contributed by atoms with van der Waals surface area (Å²) in [7, 11) is 1.68. The number of nitrogens with two attached hydrogens (primary N) is 1. The van der Waals surface area contributed by atoms with E-state index < -0.39 is 0 Å².